The topological polar surface area (TPSA) is 51.4 Å². The van der Waals surface area contributed by atoms with Gasteiger partial charge in [-0.1, -0.05) is 13.8 Å². The van der Waals surface area contributed by atoms with E-state index in [4.69, 9.17) is 15.5 Å². The second-order valence-electron chi connectivity index (χ2n) is 5.07. The molecule has 1 aliphatic heterocycles. The van der Waals surface area contributed by atoms with Gasteiger partial charge in [0.25, 0.3) is 0 Å². The van der Waals surface area contributed by atoms with Gasteiger partial charge < -0.3 is 15.4 Å². The molecule has 1 aromatic rings. The molecule has 18 heavy (non-hydrogen) atoms. The van der Waals surface area contributed by atoms with E-state index in [1.54, 1.807) is 0 Å². The lowest BCUT2D eigenvalue weighted by Gasteiger charge is -2.22. The van der Waals surface area contributed by atoms with Crippen molar-refractivity contribution in [2.75, 3.05) is 31.2 Å². The standard InChI is InChI=1S/C14H23N3O/c1-11(2)13-8-12(10-15)9-14(16-13)17-4-3-6-18-7-5-17/h8-9,11H,3-7,10,15H2,1-2H3. The van der Waals surface area contributed by atoms with Gasteiger partial charge in [0.2, 0.25) is 0 Å². The molecule has 0 aromatic carbocycles. The van der Waals surface area contributed by atoms with Crippen LogP contribution < -0.4 is 10.6 Å². The minimum absolute atomic E-state index is 0.429. The Labute approximate surface area is 109 Å². The molecule has 2 N–H and O–H groups in total. The summed E-state index contributed by atoms with van der Waals surface area (Å²) >= 11 is 0. The average Bonchev–Trinajstić information content (AvgIpc) is 2.67. The van der Waals surface area contributed by atoms with E-state index in [2.05, 4.69) is 30.9 Å². The van der Waals surface area contributed by atoms with E-state index in [1.165, 1.54) is 0 Å². The van der Waals surface area contributed by atoms with Crippen molar-refractivity contribution >= 4 is 5.82 Å². The van der Waals surface area contributed by atoms with E-state index in [0.717, 1.165) is 49.8 Å². The van der Waals surface area contributed by atoms with E-state index in [1.807, 2.05) is 0 Å². The molecule has 1 saturated heterocycles. The SMILES string of the molecule is CC(C)c1cc(CN)cc(N2CCCOCC2)n1. The molecule has 0 unspecified atom stereocenters. The molecule has 100 valence electrons. The summed E-state index contributed by atoms with van der Waals surface area (Å²) in [7, 11) is 0. The van der Waals surface area contributed by atoms with E-state index in [-0.39, 0.29) is 0 Å². The number of ether oxygens (including phenoxy) is 1. The molecule has 0 spiro atoms. The Morgan fingerprint density at radius 2 is 2.17 bits per heavy atom. The van der Waals surface area contributed by atoms with Crippen LogP contribution in [0, 0.1) is 0 Å². The van der Waals surface area contributed by atoms with Gasteiger partial charge in [0.15, 0.2) is 0 Å². The Balaban J connectivity index is 2.27. The molecule has 0 bridgehead atoms. The summed E-state index contributed by atoms with van der Waals surface area (Å²) in [5.41, 5.74) is 8.06. The molecule has 0 atom stereocenters. The van der Waals surface area contributed by atoms with E-state index >= 15 is 0 Å². The minimum Gasteiger partial charge on any atom is -0.380 e. The monoisotopic (exact) mass is 249 g/mol. The highest BCUT2D eigenvalue weighted by Crippen LogP contribution is 2.21. The second-order valence-corrected chi connectivity index (χ2v) is 5.07. The Morgan fingerprint density at radius 3 is 2.89 bits per heavy atom. The molecule has 0 amide bonds. The van der Waals surface area contributed by atoms with Crippen molar-refractivity contribution in [2.45, 2.75) is 32.7 Å². The predicted octanol–water partition coefficient (Wildman–Crippen LogP) is 1.89. The smallest absolute Gasteiger partial charge is 0.129 e. The van der Waals surface area contributed by atoms with E-state index in [9.17, 15) is 0 Å². The molecule has 0 aliphatic carbocycles. The first-order valence-corrected chi connectivity index (χ1v) is 6.74. The van der Waals surface area contributed by atoms with Crippen molar-refractivity contribution in [3.05, 3.63) is 23.4 Å². The van der Waals surface area contributed by atoms with Gasteiger partial charge in [-0.2, -0.15) is 0 Å². The normalized spacial score (nSPS) is 17.0. The lowest BCUT2D eigenvalue weighted by atomic mass is 10.1. The fourth-order valence-electron chi connectivity index (χ4n) is 2.15. The summed E-state index contributed by atoms with van der Waals surface area (Å²) in [5.74, 6) is 1.48. The van der Waals surface area contributed by atoms with Crippen molar-refractivity contribution in [2.24, 2.45) is 5.73 Å². The number of anilines is 1. The maximum absolute atomic E-state index is 5.78. The summed E-state index contributed by atoms with van der Waals surface area (Å²) < 4.78 is 5.49. The quantitative estimate of drug-likeness (QED) is 0.889. The van der Waals surface area contributed by atoms with Crippen LogP contribution in [0.1, 0.15) is 37.4 Å². The number of hydrogen-bond donors (Lipinski definition) is 1. The van der Waals surface area contributed by atoms with Gasteiger partial charge in [0.05, 0.1) is 6.61 Å². The summed E-state index contributed by atoms with van der Waals surface area (Å²) in [6.45, 7) is 8.46. The van der Waals surface area contributed by atoms with E-state index in [0.29, 0.717) is 12.5 Å². The van der Waals surface area contributed by atoms with Crippen molar-refractivity contribution in [1.29, 1.82) is 0 Å². The Kier molecular flexibility index (Phi) is 4.55. The maximum atomic E-state index is 5.78. The van der Waals surface area contributed by atoms with Crippen LogP contribution in [-0.4, -0.2) is 31.3 Å². The highest BCUT2D eigenvalue weighted by molar-refractivity contribution is 5.43. The summed E-state index contributed by atoms with van der Waals surface area (Å²) in [6.07, 6.45) is 1.06. The van der Waals surface area contributed by atoms with Crippen molar-refractivity contribution in [3.63, 3.8) is 0 Å². The summed E-state index contributed by atoms with van der Waals surface area (Å²) in [5, 5.41) is 0. The van der Waals surface area contributed by atoms with Gasteiger partial charge in [0, 0.05) is 31.9 Å². The fraction of sp³-hybridized carbons (Fsp3) is 0.643. The second kappa shape index (κ2) is 6.16. The van der Waals surface area contributed by atoms with Gasteiger partial charge in [0.1, 0.15) is 5.82 Å². The lowest BCUT2D eigenvalue weighted by Crippen LogP contribution is -2.27. The van der Waals surface area contributed by atoms with Crippen LogP contribution in [0.4, 0.5) is 5.82 Å². The van der Waals surface area contributed by atoms with Crippen LogP contribution in [0.5, 0.6) is 0 Å². The van der Waals surface area contributed by atoms with Crippen LogP contribution in [0.25, 0.3) is 0 Å². The highest BCUT2D eigenvalue weighted by atomic mass is 16.5. The maximum Gasteiger partial charge on any atom is 0.129 e. The summed E-state index contributed by atoms with van der Waals surface area (Å²) in [6, 6.07) is 4.22. The van der Waals surface area contributed by atoms with Gasteiger partial charge in [-0.25, -0.2) is 4.98 Å². The first-order chi connectivity index (χ1) is 8.70. The van der Waals surface area contributed by atoms with Gasteiger partial charge in [-0.05, 0) is 30.0 Å². The minimum atomic E-state index is 0.429. The van der Waals surface area contributed by atoms with Gasteiger partial charge >= 0.3 is 0 Å². The zero-order valence-corrected chi connectivity index (χ0v) is 11.4. The third-order valence-corrected chi connectivity index (χ3v) is 3.26. The van der Waals surface area contributed by atoms with Gasteiger partial charge in [-0.15, -0.1) is 0 Å². The molecule has 4 heteroatoms. The molecule has 1 aromatic heterocycles. The molecular formula is C14H23N3O. The number of nitrogens with zero attached hydrogens (tertiary/aromatic N) is 2. The molecule has 0 saturated carbocycles. The third kappa shape index (κ3) is 3.21. The van der Waals surface area contributed by atoms with Crippen LogP contribution in [0.3, 0.4) is 0 Å². The van der Waals surface area contributed by atoms with E-state index < -0.39 is 0 Å². The van der Waals surface area contributed by atoms with Crippen molar-refractivity contribution in [1.82, 2.24) is 4.98 Å². The zero-order chi connectivity index (χ0) is 13.0. The Bertz CT molecular complexity index is 385. The Morgan fingerprint density at radius 1 is 1.33 bits per heavy atom. The summed E-state index contributed by atoms with van der Waals surface area (Å²) in [4.78, 5) is 7.06. The first kappa shape index (κ1) is 13.3. The highest BCUT2D eigenvalue weighted by Gasteiger charge is 2.13. The molecule has 1 fully saturated rings. The van der Waals surface area contributed by atoms with Crippen molar-refractivity contribution in [3.8, 4) is 0 Å². The van der Waals surface area contributed by atoms with Crippen LogP contribution in [0.2, 0.25) is 0 Å². The average molecular weight is 249 g/mol. The molecule has 0 radical (unpaired) electrons. The Hall–Kier alpha value is -1.13. The van der Waals surface area contributed by atoms with Crippen LogP contribution in [-0.2, 0) is 11.3 Å². The third-order valence-electron chi connectivity index (χ3n) is 3.26. The zero-order valence-electron chi connectivity index (χ0n) is 11.4. The largest absolute Gasteiger partial charge is 0.380 e. The predicted molar refractivity (Wildman–Crippen MR) is 73.9 cm³/mol. The van der Waals surface area contributed by atoms with Crippen LogP contribution >= 0.6 is 0 Å². The first-order valence-electron chi connectivity index (χ1n) is 6.74. The number of pyridine rings is 1. The fourth-order valence-corrected chi connectivity index (χ4v) is 2.15. The van der Waals surface area contributed by atoms with Crippen molar-refractivity contribution < 1.29 is 4.74 Å². The van der Waals surface area contributed by atoms with Gasteiger partial charge in [-0.3, -0.25) is 0 Å². The number of aromatic nitrogens is 1. The van der Waals surface area contributed by atoms with Crippen LogP contribution in [0.15, 0.2) is 12.1 Å². The molecule has 2 rings (SSSR count). The molecule has 4 nitrogen and oxygen atoms in total. The number of nitrogens with two attached hydrogens (primary N) is 1. The molecule has 2 heterocycles. The molecular weight excluding hydrogens is 226 g/mol. The number of rotatable bonds is 3. The lowest BCUT2D eigenvalue weighted by molar-refractivity contribution is 0.152. The number of hydrogen-bond acceptors (Lipinski definition) is 4. The molecule has 1 aliphatic rings.